The van der Waals surface area contributed by atoms with Crippen LogP contribution in [0.15, 0.2) is 71.6 Å². The van der Waals surface area contributed by atoms with Gasteiger partial charge < -0.3 is 19.7 Å². The van der Waals surface area contributed by atoms with E-state index < -0.39 is 10.0 Å². The van der Waals surface area contributed by atoms with Crippen LogP contribution in [0.5, 0.6) is 11.5 Å². The number of hydrogen-bond donors (Lipinski definition) is 1. The zero-order chi connectivity index (χ0) is 27.4. The minimum atomic E-state index is -3.97. The van der Waals surface area contributed by atoms with Crippen molar-refractivity contribution in [2.75, 3.05) is 48.4 Å². The molecule has 0 radical (unpaired) electrons. The van der Waals surface area contributed by atoms with E-state index in [4.69, 9.17) is 9.47 Å². The molecule has 1 N–H and O–H groups in total. The molecule has 1 saturated heterocycles. The van der Waals surface area contributed by atoms with E-state index in [0.29, 0.717) is 24.2 Å². The van der Waals surface area contributed by atoms with Crippen molar-refractivity contribution in [3.05, 3.63) is 77.9 Å². The van der Waals surface area contributed by atoms with Gasteiger partial charge in [-0.1, -0.05) is 30.3 Å². The zero-order valence-corrected chi connectivity index (χ0v) is 23.0. The highest BCUT2D eigenvalue weighted by Gasteiger charge is 2.34. The third-order valence-electron chi connectivity index (χ3n) is 7.17. The second kappa shape index (κ2) is 11.4. The van der Waals surface area contributed by atoms with Crippen molar-refractivity contribution in [3.63, 3.8) is 0 Å². The Bertz CT molecular complexity index is 1500. The fourth-order valence-corrected chi connectivity index (χ4v) is 6.96. The molecular formula is C30H33N3O5S. The maximum Gasteiger partial charge on any atom is 0.268 e. The number of fused-ring (bicyclic) bond motifs is 1. The fourth-order valence-electron chi connectivity index (χ4n) is 5.25. The van der Waals surface area contributed by atoms with E-state index in [-0.39, 0.29) is 22.3 Å². The van der Waals surface area contributed by atoms with E-state index in [1.807, 2.05) is 42.5 Å². The Morgan fingerprint density at radius 3 is 2.36 bits per heavy atom. The molecule has 0 spiro atoms. The van der Waals surface area contributed by atoms with Gasteiger partial charge in [0.2, 0.25) is 5.91 Å². The molecule has 9 heteroatoms. The van der Waals surface area contributed by atoms with E-state index in [9.17, 15) is 13.2 Å². The molecule has 0 saturated carbocycles. The summed E-state index contributed by atoms with van der Waals surface area (Å²) >= 11 is 0. The van der Waals surface area contributed by atoms with Gasteiger partial charge in [0.05, 0.1) is 31.3 Å². The smallest absolute Gasteiger partial charge is 0.268 e. The molecule has 1 amide bonds. The van der Waals surface area contributed by atoms with Gasteiger partial charge in [-0.2, -0.15) is 0 Å². The first kappa shape index (κ1) is 26.6. The summed E-state index contributed by atoms with van der Waals surface area (Å²) in [4.78, 5) is 15.2. The Morgan fingerprint density at radius 2 is 1.62 bits per heavy atom. The first-order chi connectivity index (χ1) is 18.9. The molecule has 1 fully saturated rings. The predicted molar refractivity (Wildman–Crippen MR) is 154 cm³/mol. The third-order valence-corrected chi connectivity index (χ3v) is 8.98. The third kappa shape index (κ3) is 5.45. The van der Waals surface area contributed by atoms with Crippen LogP contribution in [0.2, 0.25) is 0 Å². The summed E-state index contributed by atoms with van der Waals surface area (Å²) in [5, 5.41) is 2.98. The molecule has 3 aromatic carbocycles. The Hall–Kier alpha value is -3.98. The number of methoxy groups -OCH3 is 2. The summed E-state index contributed by atoms with van der Waals surface area (Å²) in [5.41, 5.74) is 3.88. The van der Waals surface area contributed by atoms with Crippen molar-refractivity contribution in [2.45, 2.75) is 30.6 Å². The van der Waals surface area contributed by atoms with Gasteiger partial charge in [0.15, 0.2) is 11.5 Å². The Morgan fingerprint density at radius 1 is 0.897 bits per heavy atom. The fraction of sp³-hybridized carbons (Fsp3) is 0.300. The lowest BCUT2D eigenvalue weighted by Gasteiger charge is -2.30. The summed E-state index contributed by atoms with van der Waals surface area (Å²) in [6.45, 7) is 2.27. The number of sulfonamides is 1. The van der Waals surface area contributed by atoms with Crippen LogP contribution in [0.1, 0.15) is 30.4 Å². The minimum Gasteiger partial charge on any atom is -0.493 e. The van der Waals surface area contributed by atoms with Crippen molar-refractivity contribution in [1.29, 1.82) is 0 Å². The molecule has 3 aromatic rings. The van der Waals surface area contributed by atoms with Crippen LogP contribution >= 0.6 is 0 Å². The van der Waals surface area contributed by atoms with Gasteiger partial charge in [-0.25, -0.2) is 8.42 Å². The minimum absolute atomic E-state index is 0.0171. The van der Waals surface area contributed by atoms with Crippen LogP contribution in [0, 0.1) is 0 Å². The number of nitrogens with zero attached hydrogens (tertiary/aromatic N) is 2. The molecule has 0 unspecified atom stereocenters. The van der Waals surface area contributed by atoms with Gasteiger partial charge in [-0.15, -0.1) is 0 Å². The van der Waals surface area contributed by atoms with E-state index in [1.165, 1.54) is 37.1 Å². The number of benzene rings is 3. The van der Waals surface area contributed by atoms with E-state index in [1.54, 1.807) is 18.2 Å². The molecule has 2 aliphatic heterocycles. The lowest BCUT2D eigenvalue weighted by molar-refractivity contribution is -0.111. The number of rotatable bonds is 8. The van der Waals surface area contributed by atoms with Crippen molar-refractivity contribution in [1.82, 2.24) is 0 Å². The number of ether oxygens (including phenoxy) is 2. The molecule has 39 heavy (non-hydrogen) atoms. The normalized spacial score (nSPS) is 15.3. The molecule has 0 bridgehead atoms. The van der Waals surface area contributed by atoms with Crippen LogP contribution in [-0.2, 0) is 21.2 Å². The second-order valence-electron chi connectivity index (χ2n) is 9.60. The molecule has 0 aromatic heterocycles. The molecule has 8 nitrogen and oxygen atoms in total. The summed E-state index contributed by atoms with van der Waals surface area (Å²) in [6.07, 6.45) is 7.10. The van der Waals surface area contributed by atoms with Gasteiger partial charge >= 0.3 is 0 Å². The lowest BCUT2D eigenvalue weighted by atomic mass is 10.1. The Labute approximate surface area is 229 Å². The second-order valence-corrected chi connectivity index (χ2v) is 11.4. The summed E-state index contributed by atoms with van der Waals surface area (Å²) in [6, 6.07) is 18.4. The number of anilines is 3. The number of hydrogen-bond acceptors (Lipinski definition) is 6. The molecule has 2 heterocycles. The van der Waals surface area contributed by atoms with Gasteiger partial charge in [-0.3, -0.25) is 9.10 Å². The number of para-hydroxylation sites is 3. The molecular weight excluding hydrogens is 514 g/mol. The van der Waals surface area contributed by atoms with E-state index >= 15 is 0 Å². The van der Waals surface area contributed by atoms with Crippen molar-refractivity contribution < 1.29 is 22.7 Å². The monoisotopic (exact) mass is 547 g/mol. The van der Waals surface area contributed by atoms with Crippen LogP contribution < -0.4 is 24.0 Å². The largest absolute Gasteiger partial charge is 0.493 e. The number of nitrogens with one attached hydrogen (secondary N) is 1. The predicted octanol–water partition coefficient (Wildman–Crippen LogP) is 5.10. The summed E-state index contributed by atoms with van der Waals surface area (Å²) in [5.74, 6) is 0.0765. The average molecular weight is 548 g/mol. The summed E-state index contributed by atoms with van der Waals surface area (Å²) in [7, 11) is -1.10. The highest BCUT2D eigenvalue weighted by atomic mass is 32.2. The average Bonchev–Trinajstić information content (AvgIpc) is 3.41. The van der Waals surface area contributed by atoms with Crippen LogP contribution in [0.3, 0.4) is 0 Å². The maximum absolute atomic E-state index is 13.8. The lowest BCUT2D eigenvalue weighted by Crippen LogP contribution is -2.30. The van der Waals surface area contributed by atoms with Crippen molar-refractivity contribution >= 4 is 39.1 Å². The quantitative estimate of drug-likeness (QED) is 0.395. The molecule has 204 valence electrons. The first-order valence-electron chi connectivity index (χ1n) is 13.1. The highest BCUT2D eigenvalue weighted by Crippen LogP contribution is 2.40. The van der Waals surface area contributed by atoms with E-state index in [0.717, 1.165) is 42.9 Å². The molecule has 5 rings (SSSR count). The SMILES string of the molecule is COc1cc(/C=C/C(=O)Nc2ccccc2N2CCCCC2)cc(S(=O)(=O)N2CCc3ccccc32)c1OC. The molecule has 2 aliphatic rings. The van der Waals surface area contributed by atoms with Gasteiger partial charge in [-0.05, 0) is 73.2 Å². The number of carbonyl (C=O) groups excluding carboxylic acids is 1. The van der Waals surface area contributed by atoms with Gasteiger partial charge in [0, 0.05) is 25.7 Å². The first-order valence-corrected chi connectivity index (χ1v) is 14.6. The van der Waals surface area contributed by atoms with E-state index in [2.05, 4.69) is 10.2 Å². The standard InChI is InChI=1S/C30H33N3O5S/c1-37-27-20-22(14-15-29(34)31-24-11-5-7-13-26(24)32-17-8-3-9-18-32)21-28(30(27)38-2)39(35,36)33-19-16-23-10-4-6-12-25(23)33/h4-7,10-15,20-21H,3,8-9,16-19H2,1-2H3,(H,31,34)/b15-14+. The van der Waals surface area contributed by atoms with Crippen LogP contribution in [-0.4, -0.2) is 48.2 Å². The Kier molecular flexibility index (Phi) is 7.79. The number of amides is 1. The van der Waals surface area contributed by atoms with Crippen LogP contribution in [0.25, 0.3) is 6.08 Å². The van der Waals surface area contributed by atoms with Crippen LogP contribution in [0.4, 0.5) is 17.1 Å². The Balaban J connectivity index is 1.43. The summed E-state index contributed by atoms with van der Waals surface area (Å²) < 4.78 is 40.1. The van der Waals surface area contributed by atoms with Crippen molar-refractivity contribution in [3.8, 4) is 11.5 Å². The van der Waals surface area contributed by atoms with Gasteiger partial charge in [0.1, 0.15) is 4.90 Å². The molecule has 0 aliphatic carbocycles. The molecule has 0 atom stereocenters. The highest BCUT2D eigenvalue weighted by molar-refractivity contribution is 7.93. The number of piperidine rings is 1. The zero-order valence-electron chi connectivity index (χ0n) is 22.2. The van der Waals surface area contributed by atoms with Crippen molar-refractivity contribution in [2.24, 2.45) is 0 Å². The maximum atomic E-state index is 13.8. The number of carbonyl (C=O) groups is 1. The van der Waals surface area contributed by atoms with Gasteiger partial charge in [0.25, 0.3) is 10.0 Å². The topological polar surface area (TPSA) is 88.2 Å².